The molecule has 0 aliphatic carbocycles. The van der Waals surface area contributed by atoms with E-state index in [0.29, 0.717) is 0 Å². The summed E-state index contributed by atoms with van der Waals surface area (Å²) in [5.74, 6) is 0. The van der Waals surface area contributed by atoms with E-state index in [0.717, 1.165) is 0 Å². The van der Waals surface area contributed by atoms with Crippen LogP contribution in [0.15, 0.2) is 0 Å². The third-order valence-electron chi connectivity index (χ3n) is 0. The van der Waals surface area contributed by atoms with Crippen molar-refractivity contribution in [3.05, 3.63) is 0 Å². The Labute approximate surface area is 56.5 Å². The first-order valence-corrected chi connectivity index (χ1v) is 0. The minimum absolute atomic E-state index is 0. The largest absolute Gasteiger partial charge is 4.00 e. The molecule has 4 heavy (non-hydrogen) atoms. The van der Waals surface area contributed by atoms with E-state index in [2.05, 4.69) is 0 Å². The number of rotatable bonds is 0. The first-order chi connectivity index (χ1) is 0. The summed E-state index contributed by atoms with van der Waals surface area (Å²) in [7, 11) is 0. The van der Waals surface area contributed by atoms with Crippen LogP contribution in [-0.4, -0.2) is 0 Å². The fourth-order valence-corrected chi connectivity index (χ4v) is 0. The van der Waals surface area contributed by atoms with Crippen LogP contribution in [-0.2, 0) is 56.6 Å². The SMILES string of the molecule is [O-2].[O-2].[Ru].[Zr+4]. The summed E-state index contributed by atoms with van der Waals surface area (Å²) in [6.45, 7) is 0. The van der Waals surface area contributed by atoms with Gasteiger partial charge in [0.2, 0.25) is 0 Å². The molecule has 0 fully saturated rings. The van der Waals surface area contributed by atoms with Crippen molar-refractivity contribution in [2.24, 2.45) is 0 Å². The van der Waals surface area contributed by atoms with Crippen molar-refractivity contribution in [2.45, 2.75) is 0 Å². The normalized spacial score (nSPS) is 0. The molecular formula is O2RuZr. The maximum absolute atomic E-state index is 0. The van der Waals surface area contributed by atoms with Crippen molar-refractivity contribution in [1.82, 2.24) is 0 Å². The van der Waals surface area contributed by atoms with Crippen molar-refractivity contribution >= 4 is 0 Å². The van der Waals surface area contributed by atoms with Gasteiger partial charge in [-0.2, -0.15) is 0 Å². The molecule has 0 N–H and O–H groups in total. The molecule has 0 aromatic rings. The van der Waals surface area contributed by atoms with Crippen LogP contribution in [0.25, 0.3) is 0 Å². The molecule has 0 aromatic heterocycles. The van der Waals surface area contributed by atoms with Gasteiger partial charge in [-0.15, -0.1) is 0 Å². The molecule has 0 saturated heterocycles. The maximum Gasteiger partial charge on any atom is 4.00 e. The topological polar surface area (TPSA) is 57.0 Å². The molecule has 0 bridgehead atoms. The van der Waals surface area contributed by atoms with Crippen LogP contribution in [0.1, 0.15) is 0 Å². The smallest absolute Gasteiger partial charge is 2.00 e. The third-order valence-corrected chi connectivity index (χ3v) is 0. The number of hydrogen-bond donors (Lipinski definition) is 0. The van der Waals surface area contributed by atoms with E-state index < -0.39 is 0 Å². The predicted molar refractivity (Wildman–Crippen MR) is 1.37 cm³/mol. The van der Waals surface area contributed by atoms with Gasteiger partial charge in [0, 0.05) is 19.5 Å². The molecule has 0 heterocycles. The minimum Gasteiger partial charge on any atom is -2.00 e. The molecule has 4 heteroatoms. The fourth-order valence-electron chi connectivity index (χ4n) is 0. The molecule has 0 spiro atoms. The van der Waals surface area contributed by atoms with Gasteiger partial charge in [0.15, 0.2) is 0 Å². The first-order valence-electron chi connectivity index (χ1n) is 0. The molecule has 0 aromatic carbocycles. The van der Waals surface area contributed by atoms with Gasteiger partial charge in [-0.25, -0.2) is 0 Å². The number of hydrogen-bond acceptors (Lipinski definition) is 0. The van der Waals surface area contributed by atoms with Crippen molar-refractivity contribution in [1.29, 1.82) is 0 Å². The maximum atomic E-state index is 0. The molecule has 0 aliphatic heterocycles. The predicted octanol–water partition coefficient (Wildman–Crippen LogP) is -0.243. The van der Waals surface area contributed by atoms with E-state index in [1.54, 1.807) is 0 Å². The van der Waals surface area contributed by atoms with Gasteiger partial charge < -0.3 is 11.0 Å². The van der Waals surface area contributed by atoms with Crippen molar-refractivity contribution in [2.75, 3.05) is 0 Å². The zero-order chi connectivity index (χ0) is 0. The first kappa shape index (κ1) is 52.3. The van der Waals surface area contributed by atoms with E-state index in [-0.39, 0.29) is 56.6 Å². The third kappa shape index (κ3) is 9.91. The summed E-state index contributed by atoms with van der Waals surface area (Å²) in [5, 5.41) is 0. The van der Waals surface area contributed by atoms with Crippen LogP contribution in [0.3, 0.4) is 0 Å². The molecule has 0 atom stereocenters. The average Bonchev–Trinajstić information content (AvgIpc) is 0. The summed E-state index contributed by atoms with van der Waals surface area (Å²) in [6.07, 6.45) is 0. The van der Waals surface area contributed by atoms with E-state index in [4.69, 9.17) is 0 Å². The second kappa shape index (κ2) is 25.5. The molecule has 0 rings (SSSR count). The van der Waals surface area contributed by atoms with Crippen LogP contribution in [0.2, 0.25) is 0 Å². The van der Waals surface area contributed by atoms with Crippen molar-refractivity contribution in [3.63, 3.8) is 0 Å². The minimum atomic E-state index is 0. The molecule has 24 valence electrons. The van der Waals surface area contributed by atoms with Crippen LogP contribution >= 0.6 is 0 Å². The molecule has 0 aliphatic rings. The second-order valence-corrected chi connectivity index (χ2v) is 0. The Bertz CT molecular complexity index is 6.00. The van der Waals surface area contributed by atoms with E-state index in [9.17, 15) is 0 Å². The van der Waals surface area contributed by atoms with Crippen LogP contribution < -0.4 is 0 Å². The second-order valence-electron chi connectivity index (χ2n) is 0. The molecule has 2 nitrogen and oxygen atoms in total. The zero-order valence-corrected chi connectivity index (χ0v) is 5.87. The van der Waals surface area contributed by atoms with Gasteiger partial charge >= 0.3 is 26.2 Å². The molecule has 0 saturated carbocycles. The van der Waals surface area contributed by atoms with Gasteiger partial charge in [-0.05, 0) is 0 Å². The van der Waals surface area contributed by atoms with Crippen LogP contribution in [0.5, 0.6) is 0 Å². The van der Waals surface area contributed by atoms with E-state index >= 15 is 0 Å². The van der Waals surface area contributed by atoms with Gasteiger partial charge in [-0.1, -0.05) is 0 Å². The Balaban J connectivity index is 0. The van der Waals surface area contributed by atoms with Gasteiger partial charge in [0.1, 0.15) is 0 Å². The summed E-state index contributed by atoms with van der Waals surface area (Å²) < 4.78 is 0. The quantitative estimate of drug-likeness (QED) is 0.510. The molecule has 0 radical (unpaired) electrons. The Morgan fingerprint density at radius 1 is 0.750 bits per heavy atom. The monoisotopic (exact) mass is 224 g/mol. The summed E-state index contributed by atoms with van der Waals surface area (Å²) in [5.41, 5.74) is 0. The van der Waals surface area contributed by atoms with E-state index in [1.807, 2.05) is 0 Å². The molecule has 0 amide bonds. The average molecular weight is 224 g/mol. The van der Waals surface area contributed by atoms with Crippen LogP contribution in [0.4, 0.5) is 0 Å². The van der Waals surface area contributed by atoms with Crippen LogP contribution in [0, 0.1) is 0 Å². The summed E-state index contributed by atoms with van der Waals surface area (Å²) >= 11 is 0. The molecular weight excluding hydrogens is 224 g/mol. The Hall–Kier alpha value is 1.43. The van der Waals surface area contributed by atoms with Crippen molar-refractivity contribution in [3.8, 4) is 0 Å². The van der Waals surface area contributed by atoms with E-state index in [1.165, 1.54) is 0 Å². The van der Waals surface area contributed by atoms with Gasteiger partial charge in [0.25, 0.3) is 0 Å². The fraction of sp³-hybridized carbons (Fsp3) is 0. The van der Waals surface area contributed by atoms with Crippen molar-refractivity contribution < 1.29 is 56.6 Å². The summed E-state index contributed by atoms with van der Waals surface area (Å²) in [6, 6.07) is 0. The molecule has 0 unspecified atom stereocenters. The van der Waals surface area contributed by atoms with Gasteiger partial charge in [-0.3, -0.25) is 0 Å². The Kier molecular flexibility index (Phi) is 334. The zero-order valence-electron chi connectivity index (χ0n) is 1.67. The van der Waals surface area contributed by atoms with Gasteiger partial charge in [0.05, 0.1) is 0 Å². The Morgan fingerprint density at radius 3 is 0.750 bits per heavy atom. The Morgan fingerprint density at radius 2 is 0.750 bits per heavy atom. The standard InChI is InChI=1S/2O.Ru.Zr/q2*-2;;+4. The summed E-state index contributed by atoms with van der Waals surface area (Å²) in [4.78, 5) is 0.